The van der Waals surface area contributed by atoms with E-state index < -0.39 is 0 Å². The van der Waals surface area contributed by atoms with Gasteiger partial charge in [0.25, 0.3) is 0 Å². The lowest BCUT2D eigenvalue weighted by Crippen LogP contribution is -2.43. The molecule has 6 heteroatoms. The van der Waals surface area contributed by atoms with Gasteiger partial charge in [-0.15, -0.1) is 0 Å². The number of nitrogens with zero attached hydrogens (tertiary/aromatic N) is 3. The van der Waals surface area contributed by atoms with Crippen LogP contribution in [0.2, 0.25) is 0 Å². The van der Waals surface area contributed by atoms with Gasteiger partial charge in [-0.3, -0.25) is 9.69 Å². The van der Waals surface area contributed by atoms with Crippen molar-refractivity contribution in [3.63, 3.8) is 0 Å². The third-order valence-corrected chi connectivity index (χ3v) is 5.67. The number of carbonyl (C=O) groups excluding carboxylic acids is 1. The summed E-state index contributed by atoms with van der Waals surface area (Å²) in [7, 11) is 0. The minimum absolute atomic E-state index is 0.0522. The Bertz CT molecular complexity index is 788. The first kappa shape index (κ1) is 18.2. The Labute approximate surface area is 160 Å². The van der Waals surface area contributed by atoms with Gasteiger partial charge in [-0.05, 0) is 63.3 Å². The molecular formula is C21H28N4O2. The number of fused-ring (bicyclic) bond motifs is 1. The van der Waals surface area contributed by atoms with E-state index in [0.29, 0.717) is 13.0 Å². The van der Waals surface area contributed by atoms with Gasteiger partial charge < -0.3 is 9.73 Å². The maximum atomic E-state index is 12.6. The van der Waals surface area contributed by atoms with Crippen molar-refractivity contribution in [1.29, 1.82) is 0 Å². The van der Waals surface area contributed by atoms with Crippen molar-refractivity contribution in [3.8, 4) is 0 Å². The standard InChI is InChI=1S/C21H28N4O2/c1-15-18-7-2-8-19(18)24-20(23-15)9-10-22-21(26)16-5-3-11-25(13-16)14-17-6-4-12-27-17/h4,6,12,16H,2-3,5,7-11,13-14H2,1H3,(H,22,26)/t16-/m1/s1. The van der Waals surface area contributed by atoms with Crippen LogP contribution in [-0.2, 0) is 30.6 Å². The van der Waals surface area contributed by atoms with E-state index in [1.807, 2.05) is 12.1 Å². The average molecular weight is 368 g/mol. The highest BCUT2D eigenvalue weighted by molar-refractivity contribution is 5.78. The number of furan rings is 1. The SMILES string of the molecule is Cc1nc(CCNC(=O)[C@@H]2CCCN(Cc3ccco3)C2)nc2c1CCC2. The first-order valence-electron chi connectivity index (χ1n) is 10.1. The second kappa shape index (κ2) is 8.21. The normalized spacial score (nSPS) is 19.8. The molecule has 4 rings (SSSR count). The van der Waals surface area contributed by atoms with E-state index in [9.17, 15) is 4.79 Å². The lowest BCUT2D eigenvalue weighted by Gasteiger charge is -2.31. The van der Waals surface area contributed by atoms with Crippen molar-refractivity contribution >= 4 is 5.91 Å². The van der Waals surface area contributed by atoms with E-state index in [0.717, 1.165) is 62.6 Å². The van der Waals surface area contributed by atoms with E-state index in [1.165, 1.54) is 17.7 Å². The van der Waals surface area contributed by atoms with Gasteiger partial charge in [0.15, 0.2) is 0 Å². The highest BCUT2D eigenvalue weighted by atomic mass is 16.3. The smallest absolute Gasteiger partial charge is 0.224 e. The molecule has 0 radical (unpaired) electrons. The maximum absolute atomic E-state index is 12.6. The summed E-state index contributed by atoms with van der Waals surface area (Å²) in [6.07, 6.45) is 7.75. The van der Waals surface area contributed by atoms with Crippen LogP contribution in [0, 0.1) is 12.8 Å². The Morgan fingerprint density at radius 1 is 1.33 bits per heavy atom. The Morgan fingerprint density at radius 3 is 3.11 bits per heavy atom. The molecule has 1 atom stereocenters. The average Bonchev–Trinajstić information content (AvgIpc) is 3.34. The quantitative estimate of drug-likeness (QED) is 0.848. The number of likely N-dealkylation sites (tertiary alicyclic amines) is 1. The molecule has 1 fully saturated rings. The molecule has 6 nitrogen and oxygen atoms in total. The molecule has 0 unspecified atom stereocenters. The lowest BCUT2D eigenvalue weighted by atomic mass is 9.97. The number of carbonyl (C=O) groups is 1. The summed E-state index contributed by atoms with van der Waals surface area (Å²) < 4.78 is 5.43. The molecule has 0 spiro atoms. The van der Waals surface area contributed by atoms with Crippen LogP contribution >= 0.6 is 0 Å². The second-order valence-corrected chi connectivity index (χ2v) is 7.70. The highest BCUT2D eigenvalue weighted by Crippen LogP contribution is 2.22. The van der Waals surface area contributed by atoms with Crippen LogP contribution in [0.1, 0.15) is 47.8 Å². The predicted octanol–water partition coefficient (Wildman–Crippen LogP) is 2.44. The molecule has 1 amide bonds. The molecule has 27 heavy (non-hydrogen) atoms. The van der Waals surface area contributed by atoms with Crippen LogP contribution in [-0.4, -0.2) is 40.4 Å². The minimum atomic E-state index is 0.0522. The van der Waals surface area contributed by atoms with E-state index in [-0.39, 0.29) is 11.8 Å². The maximum Gasteiger partial charge on any atom is 0.224 e. The van der Waals surface area contributed by atoms with Gasteiger partial charge in [-0.2, -0.15) is 0 Å². The van der Waals surface area contributed by atoms with Gasteiger partial charge in [-0.1, -0.05) is 0 Å². The van der Waals surface area contributed by atoms with Crippen molar-refractivity contribution in [2.24, 2.45) is 5.92 Å². The molecule has 1 aliphatic carbocycles. The van der Waals surface area contributed by atoms with Gasteiger partial charge in [0.1, 0.15) is 11.6 Å². The third-order valence-electron chi connectivity index (χ3n) is 5.67. The molecule has 1 N–H and O–H groups in total. The third kappa shape index (κ3) is 4.38. The number of rotatable bonds is 6. The predicted molar refractivity (Wildman–Crippen MR) is 102 cm³/mol. The summed E-state index contributed by atoms with van der Waals surface area (Å²) in [6, 6.07) is 3.90. The number of piperidine rings is 1. The van der Waals surface area contributed by atoms with Crippen molar-refractivity contribution < 1.29 is 9.21 Å². The van der Waals surface area contributed by atoms with E-state index in [4.69, 9.17) is 9.40 Å². The molecule has 2 aromatic heterocycles. The van der Waals surface area contributed by atoms with Crippen molar-refractivity contribution in [2.45, 2.75) is 52.0 Å². The Kier molecular flexibility index (Phi) is 5.53. The van der Waals surface area contributed by atoms with Crippen LogP contribution in [0.15, 0.2) is 22.8 Å². The van der Waals surface area contributed by atoms with Gasteiger partial charge in [0.05, 0.1) is 18.7 Å². The zero-order valence-electron chi connectivity index (χ0n) is 16.0. The monoisotopic (exact) mass is 368 g/mol. The molecule has 1 aliphatic heterocycles. The van der Waals surface area contributed by atoms with Crippen LogP contribution in [0.25, 0.3) is 0 Å². The van der Waals surface area contributed by atoms with Crippen molar-refractivity contribution in [3.05, 3.63) is 46.9 Å². The largest absolute Gasteiger partial charge is 0.468 e. The molecule has 0 aromatic carbocycles. The fourth-order valence-electron chi connectivity index (χ4n) is 4.27. The van der Waals surface area contributed by atoms with E-state index in [1.54, 1.807) is 6.26 Å². The van der Waals surface area contributed by atoms with Gasteiger partial charge in [0.2, 0.25) is 5.91 Å². The second-order valence-electron chi connectivity index (χ2n) is 7.70. The number of aryl methyl sites for hydroxylation is 2. The summed E-state index contributed by atoms with van der Waals surface area (Å²) in [4.78, 5) is 24.2. The summed E-state index contributed by atoms with van der Waals surface area (Å²) in [6.45, 7) is 5.27. The van der Waals surface area contributed by atoms with Crippen molar-refractivity contribution in [2.75, 3.05) is 19.6 Å². The van der Waals surface area contributed by atoms with Gasteiger partial charge in [-0.25, -0.2) is 9.97 Å². The Balaban J connectivity index is 1.26. The zero-order chi connectivity index (χ0) is 18.6. The molecule has 0 saturated carbocycles. The van der Waals surface area contributed by atoms with Crippen LogP contribution in [0.4, 0.5) is 0 Å². The van der Waals surface area contributed by atoms with Crippen LogP contribution in [0.3, 0.4) is 0 Å². The highest BCUT2D eigenvalue weighted by Gasteiger charge is 2.26. The molecule has 2 aliphatic rings. The zero-order valence-corrected chi connectivity index (χ0v) is 16.0. The molecule has 2 aromatic rings. The number of aromatic nitrogens is 2. The Morgan fingerprint density at radius 2 is 2.26 bits per heavy atom. The summed E-state index contributed by atoms with van der Waals surface area (Å²) >= 11 is 0. The minimum Gasteiger partial charge on any atom is -0.468 e. The fraction of sp³-hybridized carbons (Fsp3) is 0.571. The lowest BCUT2D eigenvalue weighted by molar-refractivity contribution is -0.126. The summed E-state index contributed by atoms with van der Waals surface area (Å²) in [5.74, 6) is 2.02. The number of hydrogen-bond donors (Lipinski definition) is 1. The molecule has 0 bridgehead atoms. The Hall–Kier alpha value is -2.21. The topological polar surface area (TPSA) is 71.3 Å². The van der Waals surface area contributed by atoms with E-state index in [2.05, 4.69) is 22.1 Å². The summed E-state index contributed by atoms with van der Waals surface area (Å²) in [5.41, 5.74) is 3.66. The molecule has 144 valence electrons. The van der Waals surface area contributed by atoms with Gasteiger partial charge >= 0.3 is 0 Å². The number of amides is 1. The fourth-order valence-corrected chi connectivity index (χ4v) is 4.27. The number of hydrogen-bond acceptors (Lipinski definition) is 5. The summed E-state index contributed by atoms with van der Waals surface area (Å²) in [5, 5.41) is 3.10. The molecule has 3 heterocycles. The van der Waals surface area contributed by atoms with Crippen molar-refractivity contribution in [1.82, 2.24) is 20.2 Å². The first-order valence-corrected chi connectivity index (χ1v) is 10.1. The number of nitrogens with one attached hydrogen (secondary N) is 1. The molecular weight excluding hydrogens is 340 g/mol. The first-order chi connectivity index (χ1) is 13.2. The molecule has 1 saturated heterocycles. The van der Waals surface area contributed by atoms with E-state index >= 15 is 0 Å². The van der Waals surface area contributed by atoms with Gasteiger partial charge in [0, 0.05) is 30.9 Å². The van der Waals surface area contributed by atoms with Crippen LogP contribution in [0.5, 0.6) is 0 Å². The van der Waals surface area contributed by atoms with Crippen LogP contribution < -0.4 is 5.32 Å².